The molecule has 0 bridgehead atoms. The topological polar surface area (TPSA) is 26.3 Å². The van der Waals surface area contributed by atoms with Crippen LogP contribution >= 0.6 is 0 Å². The van der Waals surface area contributed by atoms with Crippen molar-refractivity contribution in [2.24, 2.45) is 5.92 Å². The summed E-state index contributed by atoms with van der Waals surface area (Å²) in [5.74, 6) is 1.49. The zero-order chi connectivity index (χ0) is 22.3. The van der Waals surface area contributed by atoms with Gasteiger partial charge in [-0.1, -0.05) is 95.8 Å². The summed E-state index contributed by atoms with van der Waals surface area (Å²) >= 11 is 0. The van der Waals surface area contributed by atoms with Gasteiger partial charge in [0.05, 0.1) is 0 Å². The SMILES string of the molecule is CCCCCCC(C)(C)c1ccc(C2=CC(=O)CCC2C)c(OCc2ccccc2)c1. The third-order valence-electron chi connectivity index (χ3n) is 6.64. The van der Waals surface area contributed by atoms with Gasteiger partial charge in [-0.15, -0.1) is 0 Å². The average Bonchev–Trinajstić information content (AvgIpc) is 2.77. The molecule has 0 saturated heterocycles. The maximum atomic E-state index is 12.2. The highest BCUT2D eigenvalue weighted by Crippen LogP contribution is 2.40. The van der Waals surface area contributed by atoms with Crippen LogP contribution in [0.2, 0.25) is 0 Å². The summed E-state index contributed by atoms with van der Waals surface area (Å²) in [6.07, 6.45) is 9.68. The van der Waals surface area contributed by atoms with Crippen molar-refractivity contribution in [3.63, 3.8) is 0 Å². The highest BCUT2D eigenvalue weighted by atomic mass is 16.5. The van der Waals surface area contributed by atoms with Crippen LogP contribution in [0.25, 0.3) is 5.57 Å². The Balaban J connectivity index is 1.90. The summed E-state index contributed by atoms with van der Waals surface area (Å²) in [5.41, 5.74) is 4.75. The standard InChI is InChI=1S/C29H38O2/c1-5-6-7-11-18-29(3,4)24-15-17-26(27-20-25(30)16-14-22(27)2)28(19-24)31-21-23-12-9-8-10-13-23/h8-10,12-13,15,17,19-20,22H,5-7,11,14,16,18,21H2,1-4H3. The molecule has 0 radical (unpaired) electrons. The predicted octanol–water partition coefficient (Wildman–Crippen LogP) is 7.90. The summed E-state index contributed by atoms with van der Waals surface area (Å²) in [4.78, 5) is 12.2. The number of ketones is 1. The fourth-order valence-electron chi connectivity index (χ4n) is 4.42. The molecule has 0 N–H and O–H groups in total. The lowest BCUT2D eigenvalue weighted by molar-refractivity contribution is -0.115. The average molecular weight is 419 g/mol. The molecule has 1 aliphatic rings. The van der Waals surface area contributed by atoms with E-state index in [9.17, 15) is 4.79 Å². The zero-order valence-electron chi connectivity index (χ0n) is 19.7. The number of benzene rings is 2. The fourth-order valence-corrected chi connectivity index (χ4v) is 4.42. The second-order valence-corrected chi connectivity index (χ2v) is 9.69. The molecule has 1 aliphatic carbocycles. The Bertz CT molecular complexity index is 892. The molecule has 1 atom stereocenters. The lowest BCUT2D eigenvalue weighted by atomic mass is 9.78. The third kappa shape index (κ3) is 6.32. The minimum Gasteiger partial charge on any atom is -0.488 e. The van der Waals surface area contributed by atoms with Crippen LogP contribution in [-0.2, 0) is 16.8 Å². The molecule has 2 aromatic carbocycles. The van der Waals surface area contributed by atoms with E-state index in [1.807, 2.05) is 24.3 Å². The molecular weight excluding hydrogens is 380 g/mol. The molecule has 0 aromatic heterocycles. The quantitative estimate of drug-likeness (QED) is 0.367. The Morgan fingerprint density at radius 1 is 1.03 bits per heavy atom. The molecule has 0 amide bonds. The Hall–Kier alpha value is -2.35. The molecule has 1 unspecified atom stereocenters. The Morgan fingerprint density at radius 3 is 2.55 bits per heavy atom. The number of carbonyl (C=O) groups excluding carboxylic acids is 1. The van der Waals surface area contributed by atoms with Crippen molar-refractivity contribution in [2.45, 2.75) is 84.7 Å². The van der Waals surface area contributed by atoms with E-state index >= 15 is 0 Å². The normalized spacial score (nSPS) is 16.8. The molecule has 0 aliphatic heterocycles. The van der Waals surface area contributed by atoms with E-state index in [2.05, 4.69) is 58.0 Å². The van der Waals surface area contributed by atoms with E-state index in [0.29, 0.717) is 18.9 Å². The van der Waals surface area contributed by atoms with Gasteiger partial charge in [-0.05, 0) is 53.0 Å². The van der Waals surface area contributed by atoms with Gasteiger partial charge in [0, 0.05) is 12.0 Å². The molecule has 2 heteroatoms. The lowest BCUT2D eigenvalue weighted by Gasteiger charge is -2.28. The molecule has 3 rings (SSSR count). The second-order valence-electron chi connectivity index (χ2n) is 9.69. The minimum atomic E-state index is 0.0967. The van der Waals surface area contributed by atoms with Crippen LogP contribution < -0.4 is 4.74 Å². The monoisotopic (exact) mass is 418 g/mol. The predicted molar refractivity (Wildman–Crippen MR) is 130 cm³/mol. The van der Waals surface area contributed by atoms with E-state index in [1.165, 1.54) is 37.7 Å². The van der Waals surface area contributed by atoms with Gasteiger partial charge < -0.3 is 4.74 Å². The molecule has 0 saturated carbocycles. The summed E-state index contributed by atoms with van der Waals surface area (Å²) in [6.45, 7) is 9.67. The Labute approximate surface area is 188 Å². The van der Waals surface area contributed by atoms with Gasteiger partial charge in [0.1, 0.15) is 12.4 Å². The first kappa shape index (κ1) is 23.3. The number of hydrogen-bond donors (Lipinski definition) is 0. The number of rotatable bonds is 10. The number of ether oxygens (including phenoxy) is 1. The molecule has 2 nitrogen and oxygen atoms in total. The van der Waals surface area contributed by atoms with Gasteiger partial charge in [0.2, 0.25) is 0 Å². The number of unbranched alkanes of at least 4 members (excludes halogenated alkanes) is 3. The van der Waals surface area contributed by atoms with Gasteiger partial charge in [-0.2, -0.15) is 0 Å². The molecule has 0 spiro atoms. The first-order valence-corrected chi connectivity index (χ1v) is 12.0. The maximum Gasteiger partial charge on any atom is 0.156 e. The van der Waals surface area contributed by atoms with Crippen LogP contribution in [0.15, 0.2) is 54.6 Å². The molecular formula is C29H38O2. The molecule has 31 heavy (non-hydrogen) atoms. The zero-order valence-corrected chi connectivity index (χ0v) is 19.7. The van der Waals surface area contributed by atoms with Crippen molar-refractivity contribution < 1.29 is 9.53 Å². The van der Waals surface area contributed by atoms with E-state index in [-0.39, 0.29) is 11.2 Å². The highest BCUT2D eigenvalue weighted by molar-refractivity contribution is 5.99. The van der Waals surface area contributed by atoms with Gasteiger partial charge in [0.25, 0.3) is 0 Å². The van der Waals surface area contributed by atoms with Crippen molar-refractivity contribution >= 4 is 11.4 Å². The smallest absolute Gasteiger partial charge is 0.156 e. The fraction of sp³-hybridized carbons (Fsp3) is 0.483. The lowest BCUT2D eigenvalue weighted by Crippen LogP contribution is -2.18. The molecule has 2 aromatic rings. The van der Waals surface area contributed by atoms with Gasteiger partial charge in [-0.25, -0.2) is 0 Å². The van der Waals surface area contributed by atoms with E-state index in [4.69, 9.17) is 4.74 Å². The first-order chi connectivity index (χ1) is 14.9. The molecule has 0 fully saturated rings. The number of hydrogen-bond acceptors (Lipinski definition) is 2. The van der Waals surface area contributed by atoms with Gasteiger partial charge in [0.15, 0.2) is 5.78 Å². The van der Waals surface area contributed by atoms with Crippen LogP contribution in [0.3, 0.4) is 0 Å². The minimum absolute atomic E-state index is 0.0967. The van der Waals surface area contributed by atoms with Crippen molar-refractivity contribution in [1.82, 2.24) is 0 Å². The van der Waals surface area contributed by atoms with E-state index < -0.39 is 0 Å². The summed E-state index contributed by atoms with van der Waals surface area (Å²) in [7, 11) is 0. The van der Waals surface area contributed by atoms with Crippen LogP contribution in [0.1, 0.15) is 89.3 Å². The molecule has 0 heterocycles. The van der Waals surface area contributed by atoms with Crippen LogP contribution in [0.4, 0.5) is 0 Å². The Kier molecular flexibility index (Phi) is 8.12. The largest absolute Gasteiger partial charge is 0.488 e. The van der Waals surface area contributed by atoms with Gasteiger partial charge >= 0.3 is 0 Å². The number of allylic oxidation sites excluding steroid dienone is 2. The van der Waals surface area contributed by atoms with Crippen molar-refractivity contribution in [3.8, 4) is 5.75 Å². The first-order valence-electron chi connectivity index (χ1n) is 12.0. The van der Waals surface area contributed by atoms with E-state index in [0.717, 1.165) is 28.9 Å². The van der Waals surface area contributed by atoms with Crippen LogP contribution in [-0.4, -0.2) is 5.78 Å². The number of carbonyl (C=O) groups is 1. The highest BCUT2D eigenvalue weighted by Gasteiger charge is 2.25. The van der Waals surface area contributed by atoms with Crippen LogP contribution in [0, 0.1) is 5.92 Å². The molecule has 166 valence electrons. The maximum absolute atomic E-state index is 12.2. The van der Waals surface area contributed by atoms with E-state index in [1.54, 1.807) is 0 Å². The van der Waals surface area contributed by atoms with Gasteiger partial charge in [-0.3, -0.25) is 4.79 Å². The second kappa shape index (κ2) is 10.8. The summed E-state index contributed by atoms with van der Waals surface area (Å²) in [6, 6.07) is 16.9. The third-order valence-corrected chi connectivity index (χ3v) is 6.64. The van der Waals surface area contributed by atoms with Crippen molar-refractivity contribution in [2.75, 3.05) is 0 Å². The Morgan fingerprint density at radius 2 is 1.81 bits per heavy atom. The summed E-state index contributed by atoms with van der Waals surface area (Å²) in [5, 5.41) is 0. The van der Waals surface area contributed by atoms with Crippen LogP contribution in [0.5, 0.6) is 5.75 Å². The van der Waals surface area contributed by atoms with Crippen molar-refractivity contribution in [3.05, 3.63) is 71.3 Å². The summed E-state index contributed by atoms with van der Waals surface area (Å²) < 4.78 is 6.39. The van der Waals surface area contributed by atoms with Crippen molar-refractivity contribution in [1.29, 1.82) is 0 Å².